The second kappa shape index (κ2) is 8.05. The molecule has 2 N–H and O–H groups in total. The van der Waals surface area contributed by atoms with Gasteiger partial charge < -0.3 is 14.4 Å². The fourth-order valence-electron chi connectivity index (χ4n) is 2.88. The van der Waals surface area contributed by atoms with Crippen LogP contribution in [-0.2, 0) is 20.6 Å². The number of imidazole rings is 1. The number of aryl methyl sites for hydroxylation is 2. The molecule has 0 aliphatic rings. The van der Waals surface area contributed by atoms with E-state index in [0.29, 0.717) is 23.9 Å². The van der Waals surface area contributed by atoms with Crippen molar-refractivity contribution >= 4 is 23.3 Å². The van der Waals surface area contributed by atoms with Gasteiger partial charge in [0.05, 0.1) is 12.8 Å². The van der Waals surface area contributed by atoms with Gasteiger partial charge in [0, 0.05) is 20.6 Å². The van der Waals surface area contributed by atoms with Crippen molar-refractivity contribution in [1.82, 2.24) is 18.7 Å². The number of benzene rings is 1. The molecule has 0 radical (unpaired) electrons. The molecule has 0 bridgehead atoms. The zero-order valence-electron chi connectivity index (χ0n) is 16.4. The lowest BCUT2D eigenvalue weighted by atomic mass is 10.2. The van der Waals surface area contributed by atoms with Gasteiger partial charge in [0.2, 0.25) is 5.95 Å². The Hall–Kier alpha value is -3.82. The third-order valence-electron chi connectivity index (χ3n) is 4.33. The number of hydrogen-bond acceptors (Lipinski definition) is 7. The molecule has 0 saturated carbocycles. The Kier molecular flexibility index (Phi) is 5.53. The Labute approximate surface area is 166 Å². The maximum atomic E-state index is 12.7. The second-order valence-corrected chi connectivity index (χ2v) is 6.24. The highest BCUT2D eigenvalue weighted by atomic mass is 16.5. The number of aromatic nitrogens is 4. The van der Waals surface area contributed by atoms with Gasteiger partial charge in [-0.25, -0.2) is 10.2 Å². The summed E-state index contributed by atoms with van der Waals surface area (Å²) >= 11 is 0. The second-order valence-electron chi connectivity index (χ2n) is 6.24. The van der Waals surface area contributed by atoms with Crippen LogP contribution in [0, 0.1) is 0 Å². The molecule has 2 heterocycles. The largest absolute Gasteiger partial charge is 0.504 e. The van der Waals surface area contributed by atoms with Crippen molar-refractivity contribution in [2.24, 2.45) is 19.2 Å². The molecule has 0 amide bonds. The van der Waals surface area contributed by atoms with Crippen LogP contribution in [0.4, 0.5) is 5.95 Å². The van der Waals surface area contributed by atoms with Gasteiger partial charge in [-0.3, -0.25) is 13.9 Å². The van der Waals surface area contributed by atoms with Crippen LogP contribution in [-0.4, -0.2) is 36.6 Å². The van der Waals surface area contributed by atoms with Crippen molar-refractivity contribution in [3.63, 3.8) is 0 Å². The van der Waals surface area contributed by atoms with E-state index in [-0.39, 0.29) is 23.5 Å². The van der Waals surface area contributed by atoms with Gasteiger partial charge in [-0.1, -0.05) is 6.08 Å². The minimum atomic E-state index is -0.469. The molecule has 0 aliphatic heterocycles. The highest BCUT2D eigenvalue weighted by Gasteiger charge is 2.17. The molecular formula is C19H22N6O4. The Balaban J connectivity index is 1.96. The summed E-state index contributed by atoms with van der Waals surface area (Å²) < 4.78 is 9.28. The van der Waals surface area contributed by atoms with E-state index in [1.807, 2.05) is 6.92 Å². The van der Waals surface area contributed by atoms with Gasteiger partial charge in [-0.15, -0.1) is 6.58 Å². The van der Waals surface area contributed by atoms with Gasteiger partial charge in [0.1, 0.15) is 0 Å². The van der Waals surface area contributed by atoms with Gasteiger partial charge in [0.25, 0.3) is 5.56 Å². The molecule has 152 valence electrons. The number of hydrogen-bond donors (Lipinski definition) is 2. The maximum Gasteiger partial charge on any atom is 0.332 e. The number of allylic oxidation sites excluding steroid dienone is 1. The Morgan fingerprint density at radius 1 is 1.31 bits per heavy atom. The zero-order chi connectivity index (χ0) is 21.1. The van der Waals surface area contributed by atoms with Crippen molar-refractivity contribution in [2.75, 3.05) is 12.0 Å². The third kappa shape index (κ3) is 3.64. The van der Waals surface area contributed by atoms with Gasteiger partial charge in [-0.05, 0) is 30.7 Å². The number of rotatable bonds is 7. The summed E-state index contributed by atoms with van der Waals surface area (Å²) in [5.74, 6) is 0.699. The van der Waals surface area contributed by atoms with Gasteiger partial charge in [0.15, 0.2) is 22.7 Å². The molecule has 29 heavy (non-hydrogen) atoms. The molecule has 0 fully saturated rings. The highest BCUT2D eigenvalue weighted by Crippen LogP contribution is 2.26. The van der Waals surface area contributed by atoms with Crippen LogP contribution < -0.4 is 21.4 Å². The summed E-state index contributed by atoms with van der Waals surface area (Å²) in [6.07, 6.45) is 3.01. The Morgan fingerprint density at radius 2 is 2.07 bits per heavy atom. The average molecular weight is 398 g/mol. The first-order valence-electron chi connectivity index (χ1n) is 8.91. The summed E-state index contributed by atoms with van der Waals surface area (Å²) in [5.41, 5.74) is 3.08. The standard InChI is InChI=1S/C19H22N6O4/c1-5-9-25-17(27)15-16(24(4)19(25)28)21-18(23(15)3)22-20-11-12-7-8-13(26)14(10-12)29-6-2/h5,7-8,10-11,26H,1,6,9H2,2-4H3,(H,21,22)/b20-11-. The number of phenols is 1. The van der Waals surface area contributed by atoms with E-state index in [4.69, 9.17) is 4.74 Å². The lowest BCUT2D eigenvalue weighted by Gasteiger charge is -2.06. The summed E-state index contributed by atoms with van der Waals surface area (Å²) in [6.45, 7) is 5.94. The van der Waals surface area contributed by atoms with E-state index in [9.17, 15) is 14.7 Å². The number of phenolic OH excluding ortho intramolecular Hbond substituents is 1. The summed E-state index contributed by atoms with van der Waals surface area (Å²) in [5, 5.41) is 13.9. The van der Waals surface area contributed by atoms with Crippen LogP contribution in [0.1, 0.15) is 12.5 Å². The maximum absolute atomic E-state index is 12.7. The first-order valence-corrected chi connectivity index (χ1v) is 8.91. The molecule has 0 atom stereocenters. The number of aromatic hydroxyl groups is 1. The van der Waals surface area contributed by atoms with Gasteiger partial charge >= 0.3 is 5.69 Å². The number of fused-ring (bicyclic) bond motifs is 1. The van der Waals surface area contributed by atoms with Crippen LogP contribution in [0.25, 0.3) is 11.2 Å². The fourth-order valence-corrected chi connectivity index (χ4v) is 2.88. The number of ether oxygens (including phenoxy) is 1. The summed E-state index contributed by atoms with van der Waals surface area (Å²) in [7, 11) is 3.21. The van der Waals surface area contributed by atoms with Crippen LogP contribution in [0.2, 0.25) is 0 Å². The smallest absolute Gasteiger partial charge is 0.332 e. The molecule has 0 spiro atoms. The topological polar surface area (TPSA) is 116 Å². The molecule has 0 unspecified atom stereocenters. The first-order chi connectivity index (χ1) is 13.9. The van der Waals surface area contributed by atoms with E-state index in [1.54, 1.807) is 26.2 Å². The predicted molar refractivity (Wildman–Crippen MR) is 111 cm³/mol. The molecule has 10 nitrogen and oxygen atoms in total. The Bertz CT molecular complexity index is 1220. The van der Waals surface area contributed by atoms with E-state index in [2.05, 4.69) is 22.1 Å². The molecule has 3 rings (SSSR count). The fraction of sp³-hybridized carbons (Fsp3) is 0.263. The number of nitrogens with one attached hydrogen (secondary N) is 1. The van der Waals surface area contributed by atoms with E-state index >= 15 is 0 Å². The number of anilines is 1. The lowest BCUT2D eigenvalue weighted by molar-refractivity contribution is 0.318. The molecule has 1 aromatic carbocycles. The van der Waals surface area contributed by atoms with Crippen molar-refractivity contribution in [3.05, 3.63) is 57.3 Å². The SMILES string of the molecule is C=CCn1c(=O)c2c(nc(N/N=C\c3ccc(O)c(OCC)c3)n2C)n(C)c1=O. The van der Waals surface area contributed by atoms with Crippen molar-refractivity contribution in [3.8, 4) is 11.5 Å². The highest BCUT2D eigenvalue weighted by molar-refractivity contribution is 5.81. The number of nitrogens with zero attached hydrogens (tertiary/aromatic N) is 5. The van der Waals surface area contributed by atoms with Crippen LogP contribution in [0.15, 0.2) is 45.5 Å². The minimum Gasteiger partial charge on any atom is -0.504 e. The van der Waals surface area contributed by atoms with Crippen LogP contribution >= 0.6 is 0 Å². The van der Waals surface area contributed by atoms with E-state index < -0.39 is 11.2 Å². The monoisotopic (exact) mass is 398 g/mol. The molecule has 2 aromatic heterocycles. The Morgan fingerprint density at radius 3 is 2.76 bits per heavy atom. The number of hydrazone groups is 1. The third-order valence-corrected chi connectivity index (χ3v) is 4.33. The normalized spacial score (nSPS) is 11.3. The first kappa shape index (κ1) is 19.9. The van der Waals surface area contributed by atoms with E-state index in [1.165, 1.54) is 27.5 Å². The molecular weight excluding hydrogens is 376 g/mol. The molecule has 10 heteroatoms. The summed E-state index contributed by atoms with van der Waals surface area (Å²) in [6, 6.07) is 4.84. The quantitative estimate of drug-likeness (QED) is 0.351. The zero-order valence-corrected chi connectivity index (χ0v) is 16.4. The lowest BCUT2D eigenvalue weighted by Crippen LogP contribution is -2.39. The average Bonchev–Trinajstić information content (AvgIpc) is 3.03. The van der Waals surface area contributed by atoms with Crippen LogP contribution in [0.3, 0.4) is 0 Å². The van der Waals surface area contributed by atoms with Crippen LogP contribution in [0.5, 0.6) is 11.5 Å². The predicted octanol–water partition coefficient (Wildman–Crippen LogP) is 1.17. The molecule has 3 aromatic rings. The molecule has 0 aliphatic carbocycles. The molecule has 0 saturated heterocycles. The summed E-state index contributed by atoms with van der Waals surface area (Å²) in [4.78, 5) is 29.4. The van der Waals surface area contributed by atoms with Gasteiger partial charge in [-0.2, -0.15) is 10.1 Å². The van der Waals surface area contributed by atoms with Crippen molar-refractivity contribution in [1.29, 1.82) is 0 Å². The van der Waals surface area contributed by atoms with Crippen molar-refractivity contribution in [2.45, 2.75) is 13.5 Å². The van der Waals surface area contributed by atoms with E-state index in [0.717, 1.165) is 4.57 Å². The van der Waals surface area contributed by atoms with Crippen molar-refractivity contribution < 1.29 is 9.84 Å². The minimum absolute atomic E-state index is 0.0454.